The van der Waals surface area contributed by atoms with Crippen molar-refractivity contribution in [3.8, 4) is 11.6 Å². The van der Waals surface area contributed by atoms with E-state index in [9.17, 15) is 0 Å². The second-order valence-corrected chi connectivity index (χ2v) is 6.31. The van der Waals surface area contributed by atoms with Crippen LogP contribution in [0.3, 0.4) is 0 Å². The van der Waals surface area contributed by atoms with Crippen molar-refractivity contribution < 1.29 is 4.74 Å². The number of fused-ring (bicyclic) bond motifs is 1. The molecule has 2 N–H and O–H groups in total. The topological polar surface area (TPSA) is 61.0 Å². The third-order valence-electron chi connectivity index (χ3n) is 3.39. The molecule has 0 unspecified atom stereocenters. The summed E-state index contributed by atoms with van der Waals surface area (Å²) in [6.07, 6.45) is 1.52. The summed E-state index contributed by atoms with van der Waals surface area (Å²) >= 11 is 7.80. The number of benzene rings is 1. The number of rotatable bonds is 3. The van der Waals surface area contributed by atoms with E-state index in [0.717, 1.165) is 21.3 Å². The lowest BCUT2D eigenvalue weighted by molar-refractivity contribution is 0.468. The van der Waals surface area contributed by atoms with Gasteiger partial charge in [-0.15, -0.1) is 11.3 Å². The van der Waals surface area contributed by atoms with Crippen LogP contribution in [0.1, 0.15) is 16.0 Å². The van der Waals surface area contributed by atoms with Gasteiger partial charge in [0.25, 0.3) is 0 Å². The normalized spacial score (nSPS) is 11.0. The smallest absolute Gasteiger partial charge is 0.231 e. The number of hydrogen-bond donors (Lipinski definition) is 1. The van der Waals surface area contributed by atoms with E-state index < -0.39 is 0 Å². The first kappa shape index (κ1) is 14.3. The molecule has 0 fully saturated rings. The zero-order valence-electron chi connectivity index (χ0n) is 11.7. The van der Waals surface area contributed by atoms with Gasteiger partial charge >= 0.3 is 0 Å². The maximum Gasteiger partial charge on any atom is 0.231 e. The SMILES string of the molecule is Cc1sc2ncnc(Oc3ccc(CN)c(Cl)c3)c2c1C. The van der Waals surface area contributed by atoms with Crippen LogP contribution < -0.4 is 10.5 Å². The van der Waals surface area contributed by atoms with Gasteiger partial charge < -0.3 is 10.5 Å². The molecule has 0 aliphatic carbocycles. The zero-order valence-corrected chi connectivity index (χ0v) is 13.3. The van der Waals surface area contributed by atoms with E-state index >= 15 is 0 Å². The molecule has 21 heavy (non-hydrogen) atoms. The summed E-state index contributed by atoms with van der Waals surface area (Å²) in [7, 11) is 0. The van der Waals surface area contributed by atoms with Crippen LogP contribution in [-0.4, -0.2) is 9.97 Å². The number of hydrogen-bond acceptors (Lipinski definition) is 5. The fraction of sp³-hybridized carbons (Fsp3) is 0.200. The molecule has 0 saturated carbocycles. The monoisotopic (exact) mass is 319 g/mol. The highest BCUT2D eigenvalue weighted by molar-refractivity contribution is 7.18. The van der Waals surface area contributed by atoms with Gasteiger partial charge in [-0.05, 0) is 37.1 Å². The van der Waals surface area contributed by atoms with Crippen molar-refractivity contribution in [3.63, 3.8) is 0 Å². The molecule has 0 radical (unpaired) electrons. The van der Waals surface area contributed by atoms with Gasteiger partial charge in [-0.1, -0.05) is 17.7 Å². The van der Waals surface area contributed by atoms with E-state index in [4.69, 9.17) is 22.1 Å². The lowest BCUT2D eigenvalue weighted by Crippen LogP contribution is -1.97. The van der Waals surface area contributed by atoms with E-state index in [2.05, 4.69) is 23.8 Å². The van der Waals surface area contributed by atoms with Crippen molar-refractivity contribution in [1.29, 1.82) is 0 Å². The summed E-state index contributed by atoms with van der Waals surface area (Å²) < 4.78 is 5.90. The van der Waals surface area contributed by atoms with Crippen molar-refractivity contribution >= 4 is 33.2 Å². The van der Waals surface area contributed by atoms with Crippen LogP contribution in [-0.2, 0) is 6.54 Å². The van der Waals surface area contributed by atoms with Crippen LogP contribution in [0.2, 0.25) is 5.02 Å². The second-order valence-electron chi connectivity index (χ2n) is 4.70. The molecule has 0 amide bonds. The van der Waals surface area contributed by atoms with Gasteiger partial charge in [-0.25, -0.2) is 9.97 Å². The van der Waals surface area contributed by atoms with Gasteiger partial charge in [0.15, 0.2) is 0 Å². The summed E-state index contributed by atoms with van der Waals surface area (Å²) in [6.45, 7) is 4.52. The molecule has 6 heteroatoms. The predicted octanol–water partition coefficient (Wildman–Crippen LogP) is 4.21. The largest absolute Gasteiger partial charge is 0.438 e. The molecular formula is C15H14ClN3OS. The average Bonchev–Trinajstić information content (AvgIpc) is 2.75. The van der Waals surface area contributed by atoms with Crippen molar-refractivity contribution in [3.05, 3.63) is 45.6 Å². The summed E-state index contributed by atoms with van der Waals surface area (Å²) in [6, 6.07) is 5.46. The number of nitrogens with zero attached hydrogens (tertiary/aromatic N) is 2. The molecule has 0 atom stereocenters. The minimum Gasteiger partial charge on any atom is -0.438 e. The maximum absolute atomic E-state index is 6.16. The number of aromatic nitrogens is 2. The molecule has 3 rings (SSSR count). The van der Waals surface area contributed by atoms with Crippen molar-refractivity contribution in [1.82, 2.24) is 9.97 Å². The molecule has 108 valence electrons. The van der Waals surface area contributed by atoms with Crippen molar-refractivity contribution in [2.75, 3.05) is 0 Å². The van der Waals surface area contributed by atoms with Gasteiger partial charge in [0.1, 0.15) is 16.9 Å². The van der Waals surface area contributed by atoms with Crippen LogP contribution >= 0.6 is 22.9 Å². The molecule has 0 bridgehead atoms. The van der Waals surface area contributed by atoms with Crippen LogP contribution in [0.5, 0.6) is 11.6 Å². The minimum absolute atomic E-state index is 0.402. The van der Waals surface area contributed by atoms with Gasteiger partial charge in [0, 0.05) is 16.4 Å². The lowest BCUT2D eigenvalue weighted by Gasteiger charge is -2.08. The second kappa shape index (κ2) is 5.60. The Morgan fingerprint density at radius 1 is 1.29 bits per heavy atom. The highest BCUT2D eigenvalue weighted by atomic mass is 35.5. The number of thiophene rings is 1. The molecule has 2 aromatic heterocycles. The minimum atomic E-state index is 0.402. The molecule has 0 aliphatic heterocycles. The summed E-state index contributed by atoms with van der Waals surface area (Å²) in [5.74, 6) is 1.19. The number of nitrogens with two attached hydrogens (primary N) is 1. The maximum atomic E-state index is 6.16. The summed E-state index contributed by atoms with van der Waals surface area (Å²) in [5, 5.41) is 1.55. The summed E-state index contributed by atoms with van der Waals surface area (Å²) in [5.41, 5.74) is 7.64. The predicted molar refractivity (Wildman–Crippen MR) is 86.3 cm³/mol. The Balaban J connectivity index is 2.04. The molecular weight excluding hydrogens is 306 g/mol. The van der Waals surface area contributed by atoms with E-state index in [1.165, 1.54) is 11.2 Å². The Bertz CT molecular complexity index is 816. The lowest BCUT2D eigenvalue weighted by atomic mass is 10.2. The van der Waals surface area contributed by atoms with Crippen LogP contribution in [0.4, 0.5) is 0 Å². The van der Waals surface area contributed by atoms with Crippen LogP contribution in [0.15, 0.2) is 24.5 Å². The first-order valence-electron chi connectivity index (χ1n) is 6.47. The summed E-state index contributed by atoms with van der Waals surface area (Å²) in [4.78, 5) is 10.7. The van der Waals surface area contributed by atoms with Gasteiger partial charge in [0.05, 0.1) is 5.39 Å². The Labute approximate surface area is 131 Å². The molecule has 2 heterocycles. The zero-order chi connectivity index (χ0) is 15.0. The van der Waals surface area contributed by atoms with Crippen molar-refractivity contribution in [2.45, 2.75) is 20.4 Å². The third-order valence-corrected chi connectivity index (χ3v) is 4.86. The Kier molecular flexibility index (Phi) is 3.80. The van der Waals surface area contributed by atoms with E-state index in [1.54, 1.807) is 17.4 Å². The first-order chi connectivity index (χ1) is 10.1. The molecule has 0 aliphatic rings. The molecule has 1 aromatic carbocycles. The molecule has 4 nitrogen and oxygen atoms in total. The van der Waals surface area contributed by atoms with Crippen LogP contribution in [0.25, 0.3) is 10.2 Å². The third kappa shape index (κ3) is 2.60. The van der Waals surface area contributed by atoms with Gasteiger partial charge in [-0.3, -0.25) is 0 Å². The highest BCUT2D eigenvalue weighted by Gasteiger charge is 2.14. The average molecular weight is 320 g/mol. The Morgan fingerprint density at radius 3 is 2.81 bits per heavy atom. The van der Waals surface area contributed by atoms with Gasteiger partial charge in [-0.2, -0.15) is 0 Å². The Hall–Kier alpha value is -1.69. The standard InChI is InChI=1S/C15H14ClN3OS/c1-8-9(2)21-15-13(8)14(18-7-19-15)20-11-4-3-10(6-17)12(16)5-11/h3-5,7H,6,17H2,1-2H3. The van der Waals surface area contributed by atoms with Crippen molar-refractivity contribution in [2.24, 2.45) is 5.73 Å². The fourth-order valence-corrected chi connectivity index (χ4v) is 3.33. The van der Waals surface area contributed by atoms with E-state index in [-0.39, 0.29) is 0 Å². The number of halogens is 1. The number of aryl methyl sites for hydroxylation is 2. The van der Waals surface area contributed by atoms with E-state index in [1.807, 2.05) is 12.1 Å². The first-order valence-corrected chi connectivity index (χ1v) is 7.66. The number of ether oxygens (including phenoxy) is 1. The van der Waals surface area contributed by atoms with Gasteiger partial charge in [0.2, 0.25) is 5.88 Å². The van der Waals surface area contributed by atoms with Crippen LogP contribution in [0, 0.1) is 13.8 Å². The quantitative estimate of drug-likeness (QED) is 0.785. The molecule has 0 saturated heterocycles. The molecule has 0 spiro atoms. The Morgan fingerprint density at radius 2 is 2.10 bits per heavy atom. The highest BCUT2D eigenvalue weighted by Crippen LogP contribution is 2.36. The molecule has 3 aromatic rings. The van der Waals surface area contributed by atoms with E-state index in [0.29, 0.717) is 23.2 Å². The fourth-order valence-electron chi connectivity index (χ4n) is 2.10.